The third kappa shape index (κ3) is 2.19. The van der Waals surface area contributed by atoms with Crippen molar-refractivity contribution in [3.8, 4) is 5.75 Å². The van der Waals surface area contributed by atoms with E-state index in [1.54, 1.807) is 0 Å². The Kier molecular flexibility index (Phi) is 2.58. The summed E-state index contributed by atoms with van der Waals surface area (Å²) in [6.07, 6.45) is 0.848. The summed E-state index contributed by atoms with van der Waals surface area (Å²) in [5, 5.41) is 16.0. The minimum atomic E-state index is -3.79. The van der Waals surface area contributed by atoms with Gasteiger partial charge in [-0.3, -0.25) is 0 Å². The molecule has 0 spiro atoms. The molecule has 70 valence electrons. The second-order valence-corrected chi connectivity index (χ2v) is 4.87. The van der Waals surface area contributed by atoms with Crippen molar-refractivity contribution < 1.29 is 13.5 Å². The van der Waals surface area contributed by atoms with Gasteiger partial charge in [0.15, 0.2) is 0 Å². The fourth-order valence-corrected chi connectivity index (χ4v) is 1.59. The summed E-state index contributed by atoms with van der Waals surface area (Å²) in [5.74, 6) is -0.154. The molecule has 0 atom stereocenters. The lowest BCUT2D eigenvalue weighted by atomic mass is 10.2. The van der Waals surface area contributed by atoms with E-state index in [9.17, 15) is 8.42 Å². The van der Waals surface area contributed by atoms with Crippen molar-refractivity contribution >= 4 is 25.9 Å². The van der Waals surface area contributed by atoms with Crippen molar-refractivity contribution in [2.45, 2.75) is 4.90 Å². The van der Waals surface area contributed by atoms with Gasteiger partial charge in [-0.05, 0) is 18.2 Å². The molecule has 13 heavy (non-hydrogen) atoms. The number of hydrogen-bond donors (Lipinski definition) is 2. The van der Waals surface area contributed by atoms with Crippen molar-refractivity contribution in [2.75, 3.05) is 0 Å². The highest BCUT2D eigenvalue weighted by atomic mass is 35.7. The van der Waals surface area contributed by atoms with E-state index in [-0.39, 0.29) is 16.2 Å². The molecular formula is C7H6ClNO3S. The summed E-state index contributed by atoms with van der Waals surface area (Å²) in [4.78, 5) is -0.134. The number of phenols is 1. The topological polar surface area (TPSA) is 78.2 Å². The van der Waals surface area contributed by atoms with Crippen LogP contribution in [0.25, 0.3) is 0 Å². The Labute approximate surface area is 79.7 Å². The molecule has 0 bridgehead atoms. The number of hydrogen-bond acceptors (Lipinski definition) is 4. The SMILES string of the molecule is N=Cc1cc(S(=O)(=O)Cl)ccc1O. The van der Waals surface area contributed by atoms with E-state index in [4.69, 9.17) is 21.2 Å². The van der Waals surface area contributed by atoms with Crippen LogP contribution in [0.4, 0.5) is 0 Å². The lowest BCUT2D eigenvalue weighted by Crippen LogP contribution is -1.92. The van der Waals surface area contributed by atoms with E-state index in [1.165, 1.54) is 12.1 Å². The first-order valence-electron chi connectivity index (χ1n) is 3.23. The van der Waals surface area contributed by atoms with E-state index in [2.05, 4.69) is 0 Å². The van der Waals surface area contributed by atoms with E-state index in [1.807, 2.05) is 0 Å². The summed E-state index contributed by atoms with van der Waals surface area (Å²) in [6, 6.07) is 3.48. The highest BCUT2D eigenvalue weighted by Gasteiger charge is 2.11. The zero-order valence-corrected chi connectivity index (χ0v) is 7.93. The van der Waals surface area contributed by atoms with Gasteiger partial charge in [-0.2, -0.15) is 0 Å². The van der Waals surface area contributed by atoms with Crippen LogP contribution >= 0.6 is 10.7 Å². The molecule has 2 N–H and O–H groups in total. The van der Waals surface area contributed by atoms with Crippen LogP contribution in [-0.2, 0) is 9.05 Å². The van der Waals surface area contributed by atoms with Crippen molar-refractivity contribution in [3.63, 3.8) is 0 Å². The van der Waals surface area contributed by atoms with E-state index < -0.39 is 9.05 Å². The number of halogens is 1. The van der Waals surface area contributed by atoms with Crippen molar-refractivity contribution in [1.29, 1.82) is 5.41 Å². The molecule has 0 fully saturated rings. The Hall–Kier alpha value is -1.07. The fraction of sp³-hybridized carbons (Fsp3) is 0. The lowest BCUT2D eigenvalue weighted by Gasteiger charge is -1.99. The van der Waals surface area contributed by atoms with Crippen LogP contribution in [0.15, 0.2) is 23.1 Å². The van der Waals surface area contributed by atoms with E-state index >= 15 is 0 Å². The number of phenolic OH excluding ortho intramolecular Hbond substituents is 1. The van der Waals surface area contributed by atoms with Gasteiger partial charge in [-0.15, -0.1) is 0 Å². The predicted molar refractivity (Wildman–Crippen MR) is 49.0 cm³/mol. The lowest BCUT2D eigenvalue weighted by molar-refractivity contribution is 0.474. The van der Waals surface area contributed by atoms with Crippen molar-refractivity contribution in [1.82, 2.24) is 0 Å². The molecule has 0 saturated carbocycles. The number of benzene rings is 1. The maximum Gasteiger partial charge on any atom is 0.261 e. The molecule has 1 aromatic rings. The summed E-state index contributed by atoms with van der Waals surface area (Å²) in [7, 11) is 1.26. The Morgan fingerprint density at radius 3 is 2.54 bits per heavy atom. The highest BCUT2D eigenvalue weighted by Crippen LogP contribution is 2.21. The van der Waals surface area contributed by atoms with Gasteiger partial charge < -0.3 is 10.5 Å². The summed E-state index contributed by atoms with van der Waals surface area (Å²) >= 11 is 0. The predicted octanol–water partition coefficient (Wildman–Crippen LogP) is 1.32. The van der Waals surface area contributed by atoms with E-state index in [0.29, 0.717) is 0 Å². The minimum Gasteiger partial charge on any atom is -0.507 e. The van der Waals surface area contributed by atoms with Gasteiger partial charge in [0.25, 0.3) is 9.05 Å². The quantitative estimate of drug-likeness (QED) is 0.582. The molecule has 0 aliphatic carbocycles. The Balaban J connectivity index is 3.38. The molecule has 1 aromatic carbocycles. The van der Waals surface area contributed by atoms with Crippen LogP contribution in [0.1, 0.15) is 5.56 Å². The van der Waals surface area contributed by atoms with Gasteiger partial charge in [0.05, 0.1) is 4.90 Å². The van der Waals surface area contributed by atoms with Gasteiger partial charge in [-0.25, -0.2) is 8.42 Å². The van der Waals surface area contributed by atoms with Crippen LogP contribution in [-0.4, -0.2) is 19.7 Å². The molecular weight excluding hydrogens is 214 g/mol. The summed E-state index contributed by atoms with van der Waals surface area (Å²) in [6.45, 7) is 0. The largest absolute Gasteiger partial charge is 0.507 e. The number of aromatic hydroxyl groups is 1. The number of nitrogens with one attached hydrogen (secondary N) is 1. The molecule has 6 heteroatoms. The average Bonchev–Trinajstić information content (AvgIpc) is 2.03. The van der Waals surface area contributed by atoms with Gasteiger partial charge in [0, 0.05) is 22.5 Å². The van der Waals surface area contributed by atoms with Crippen LogP contribution in [0.2, 0.25) is 0 Å². The Morgan fingerprint density at radius 2 is 2.08 bits per heavy atom. The van der Waals surface area contributed by atoms with Gasteiger partial charge in [0.1, 0.15) is 5.75 Å². The molecule has 4 nitrogen and oxygen atoms in total. The molecule has 0 radical (unpaired) electrons. The molecule has 0 unspecified atom stereocenters. The highest BCUT2D eigenvalue weighted by molar-refractivity contribution is 8.13. The van der Waals surface area contributed by atoms with Gasteiger partial charge in [0.2, 0.25) is 0 Å². The molecule has 0 aliphatic rings. The smallest absolute Gasteiger partial charge is 0.261 e. The second-order valence-electron chi connectivity index (χ2n) is 2.30. The van der Waals surface area contributed by atoms with Crippen LogP contribution in [0.5, 0.6) is 5.75 Å². The Bertz CT molecular complexity index is 441. The van der Waals surface area contributed by atoms with Gasteiger partial charge >= 0.3 is 0 Å². The number of rotatable bonds is 2. The first-order chi connectivity index (χ1) is 5.95. The standard InChI is InChI=1S/C7H6ClNO3S/c8-13(11,12)6-1-2-7(10)5(3-6)4-9/h1-4,9-10H. The first kappa shape index (κ1) is 10.0. The summed E-state index contributed by atoms with van der Waals surface area (Å²) in [5.41, 5.74) is 0.113. The normalized spacial score (nSPS) is 11.2. The van der Waals surface area contributed by atoms with Crippen molar-refractivity contribution in [3.05, 3.63) is 23.8 Å². The fourth-order valence-electron chi connectivity index (χ4n) is 0.800. The zero-order valence-electron chi connectivity index (χ0n) is 6.36. The third-order valence-electron chi connectivity index (χ3n) is 1.44. The Morgan fingerprint density at radius 1 is 1.46 bits per heavy atom. The maximum absolute atomic E-state index is 10.8. The summed E-state index contributed by atoms with van der Waals surface area (Å²) < 4.78 is 21.6. The van der Waals surface area contributed by atoms with Crippen molar-refractivity contribution in [2.24, 2.45) is 0 Å². The van der Waals surface area contributed by atoms with Crippen LogP contribution in [0.3, 0.4) is 0 Å². The first-order valence-corrected chi connectivity index (χ1v) is 5.54. The molecule has 0 aliphatic heterocycles. The monoisotopic (exact) mass is 219 g/mol. The van der Waals surface area contributed by atoms with Gasteiger partial charge in [-0.1, -0.05) is 0 Å². The molecule has 0 saturated heterocycles. The third-order valence-corrected chi connectivity index (χ3v) is 2.79. The zero-order chi connectivity index (χ0) is 10.1. The molecule has 0 aromatic heterocycles. The second kappa shape index (κ2) is 3.35. The molecule has 0 heterocycles. The minimum absolute atomic E-state index is 0.113. The van der Waals surface area contributed by atoms with Crippen LogP contribution < -0.4 is 0 Å². The maximum atomic E-state index is 10.8. The molecule has 1 rings (SSSR count). The van der Waals surface area contributed by atoms with Crippen LogP contribution in [0, 0.1) is 5.41 Å². The van der Waals surface area contributed by atoms with E-state index in [0.717, 1.165) is 12.3 Å². The average molecular weight is 220 g/mol. The molecule has 0 amide bonds.